The minimum atomic E-state index is -3.54. The summed E-state index contributed by atoms with van der Waals surface area (Å²) in [5.74, 6) is -0.318. The molecule has 0 bridgehead atoms. The van der Waals surface area contributed by atoms with Crippen molar-refractivity contribution < 1.29 is 22.7 Å². The Balaban J connectivity index is 1.28. The Morgan fingerprint density at radius 3 is 2.22 bits per heavy atom. The van der Waals surface area contributed by atoms with Crippen LogP contribution in [0, 0.1) is 0 Å². The third kappa shape index (κ3) is 8.66. The van der Waals surface area contributed by atoms with Gasteiger partial charge in [0.2, 0.25) is 10.0 Å². The first-order chi connectivity index (χ1) is 19.7. The van der Waals surface area contributed by atoms with Gasteiger partial charge in [-0.1, -0.05) is 54.1 Å². The molecule has 11 heteroatoms. The van der Waals surface area contributed by atoms with Gasteiger partial charge in [-0.05, 0) is 71.8 Å². The molecule has 0 radical (unpaired) electrons. The molecule has 0 saturated heterocycles. The Labute approximate surface area is 243 Å². The molecule has 9 nitrogen and oxygen atoms in total. The first-order valence-corrected chi connectivity index (χ1v) is 14.6. The van der Waals surface area contributed by atoms with Gasteiger partial charge in [0, 0.05) is 5.56 Å². The number of nitrogens with one attached hydrogen (secondary N) is 2. The van der Waals surface area contributed by atoms with E-state index in [4.69, 9.17) is 16.3 Å². The Kier molecular flexibility index (Phi) is 9.73. The number of nitrogens with zero attached hydrogens (tertiary/aromatic N) is 2. The van der Waals surface area contributed by atoms with Crippen molar-refractivity contribution in [2.75, 3.05) is 22.5 Å². The highest BCUT2D eigenvalue weighted by molar-refractivity contribution is 7.92. The van der Waals surface area contributed by atoms with E-state index in [1.807, 2.05) is 30.3 Å². The molecule has 0 atom stereocenters. The molecule has 4 aromatic rings. The van der Waals surface area contributed by atoms with E-state index in [-0.39, 0.29) is 19.1 Å². The summed E-state index contributed by atoms with van der Waals surface area (Å²) in [5.41, 5.74) is 5.25. The molecule has 4 rings (SSSR count). The largest absolute Gasteiger partial charge is 0.484 e. The van der Waals surface area contributed by atoms with Gasteiger partial charge in [0.05, 0.1) is 35.4 Å². The number of carbonyl (C=O) groups excluding carboxylic acids is 2. The van der Waals surface area contributed by atoms with Crippen molar-refractivity contribution in [3.05, 3.63) is 125 Å². The lowest BCUT2D eigenvalue weighted by atomic mass is 10.2. The number of carbonyl (C=O) groups is 2. The van der Waals surface area contributed by atoms with Crippen LogP contribution in [-0.4, -0.2) is 39.3 Å². The quantitative estimate of drug-likeness (QED) is 0.186. The van der Waals surface area contributed by atoms with E-state index in [2.05, 4.69) is 15.8 Å². The highest BCUT2D eigenvalue weighted by atomic mass is 35.5. The molecule has 0 saturated carbocycles. The summed E-state index contributed by atoms with van der Waals surface area (Å²) < 4.78 is 31.6. The zero-order chi connectivity index (χ0) is 29.2. The maximum absolute atomic E-state index is 12.5. The Morgan fingerprint density at radius 2 is 1.56 bits per heavy atom. The number of anilines is 2. The van der Waals surface area contributed by atoms with Crippen LogP contribution >= 0.6 is 11.6 Å². The van der Waals surface area contributed by atoms with Crippen molar-refractivity contribution in [1.82, 2.24) is 5.43 Å². The predicted molar refractivity (Wildman–Crippen MR) is 161 cm³/mol. The van der Waals surface area contributed by atoms with Crippen LogP contribution in [0.3, 0.4) is 0 Å². The van der Waals surface area contributed by atoms with Crippen LogP contribution in [0.1, 0.15) is 21.5 Å². The molecule has 0 fully saturated rings. The topological polar surface area (TPSA) is 117 Å². The number of hydrazone groups is 1. The summed E-state index contributed by atoms with van der Waals surface area (Å²) in [4.78, 5) is 24.6. The maximum atomic E-state index is 12.5. The molecule has 0 aliphatic rings. The van der Waals surface area contributed by atoms with Gasteiger partial charge in [0.15, 0.2) is 6.61 Å². The van der Waals surface area contributed by atoms with Crippen molar-refractivity contribution in [3.63, 3.8) is 0 Å². The van der Waals surface area contributed by atoms with Crippen molar-refractivity contribution >= 4 is 51.0 Å². The zero-order valence-electron chi connectivity index (χ0n) is 22.0. The number of sulfonamides is 1. The smallest absolute Gasteiger partial charge is 0.271 e. The van der Waals surface area contributed by atoms with E-state index in [1.165, 1.54) is 22.7 Å². The monoisotopic (exact) mass is 590 g/mol. The van der Waals surface area contributed by atoms with Crippen molar-refractivity contribution in [1.29, 1.82) is 0 Å². The lowest BCUT2D eigenvalue weighted by Gasteiger charge is -2.22. The lowest BCUT2D eigenvalue weighted by molar-refractivity contribution is -0.118. The summed E-state index contributed by atoms with van der Waals surface area (Å²) in [6.07, 6.45) is 2.61. The Bertz CT molecular complexity index is 1630. The second kappa shape index (κ2) is 13.6. The van der Waals surface area contributed by atoms with Crippen LogP contribution in [0.2, 0.25) is 5.02 Å². The normalized spacial score (nSPS) is 11.2. The summed E-state index contributed by atoms with van der Waals surface area (Å²) >= 11 is 6.04. The Morgan fingerprint density at radius 1 is 0.902 bits per heavy atom. The van der Waals surface area contributed by atoms with Gasteiger partial charge in [0.25, 0.3) is 11.8 Å². The molecular weight excluding hydrogens is 564 g/mol. The summed E-state index contributed by atoms with van der Waals surface area (Å²) in [7, 11) is -3.54. The molecule has 0 aliphatic heterocycles. The van der Waals surface area contributed by atoms with Crippen LogP contribution in [0.25, 0.3) is 0 Å². The van der Waals surface area contributed by atoms with Gasteiger partial charge in [0.1, 0.15) is 5.75 Å². The van der Waals surface area contributed by atoms with Crippen molar-refractivity contribution in [3.8, 4) is 5.75 Å². The number of benzene rings is 4. The second-order valence-electron chi connectivity index (χ2n) is 8.89. The van der Waals surface area contributed by atoms with Crippen LogP contribution in [0.5, 0.6) is 5.75 Å². The zero-order valence-corrected chi connectivity index (χ0v) is 23.6. The molecule has 0 spiro atoms. The number of amides is 2. The van der Waals surface area contributed by atoms with Crippen LogP contribution < -0.4 is 19.8 Å². The van der Waals surface area contributed by atoms with Gasteiger partial charge in [-0.3, -0.25) is 13.9 Å². The highest BCUT2D eigenvalue weighted by Gasteiger charge is 2.18. The molecule has 0 aromatic heterocycles. The minimum Gasteiger partial charge on any atom is -0.484 e. The molecular formula is C30H27ClN4O5S. The third-order valence-corrected chi connectivity index (χ3v) is 7.23. The van der Waals surface area contributed by atoms with Crippen LogP contribution in [0.4, 0.5) is 11.4 Å². The van der Waals surface area contributed by atoms with Crippen molar-refractivity contribution in [2.45, 2.75) is 6.54 Å². The number of rotatable bonds is 11. The second-order valence-corrected chi connectivity index (χ2v) is 11.2. The number of para-hydroxylation sites is 1. The average Bonchev–Trinajstić information content (AvgIpc) is 2.97. The molecule has 41 heavy (non-hydrogen) atoms. The average molecular weight is 591 g/mol. The maximum Gasteiger partial charge on any atom is 0.271 e. The molecule has 2 N–H and O–H groups in total. The molecule has 4 aromatic carbocycles. The number of ether oxygens (including phenoxy) is 1. The summed E-state index contributed by atoms with van der Waals surface area (Å²) in [6, 6.07) is 29.2. The lowest BCUT2D eigenvalue weighted by Crippen LogP contribution is -2.29. The fourth-order valence-electron chi connectivity index (χ4n) is 3.71. The van der Waals surface area contributed by atoms with E-state index >= 15 is 0 Å². The van der Waals surface area contributed by atoms with E-state index in [0.717, 1.165) is 11.8 Å². The SMILES string of the molecule is CS(=O)(=O)N(Cc1ccccc1)c1ccc(C(=O)N/N=C\c2ccc(OCC(=O)Nc3ccccc3Cl)cc2)cc1. The number of hydrogen-bond acceptors (Lipinski definition) is 6. The van der Waals surface area contributed by atoms with E-state index in [0.29, 0.717) is 33.3 Å². The van der Waals surface area contributed by atoms with Gasteiger partial charge >= 0.3 is 0 Å². The molecule has 0 heterocycles. The predicted octanol–water partition coefficient (Wildman–Crippen LogP) is 5.09. The number of halogens is 1. The van der Waals surface area contributed by atoms with E-state index < -0.39 is 15.9 Å². The molecule has 0 aliphatic carbocycles. The Hall–Kier alpha value is -4.67. The fourth-order valence-corrected chi connectivity index (χ4v) is 4.78. The first kappa shape index (κ1) is 29.3. The molecule has 0 unspecified atom stereocenters. The van der Waals surface area contributed by atoms with E-state index in [1.54, 1.807) is 60.7 Å². The standard InChI is InChI=1S/C30H27ClN4O5S/c1-41(38,39)35(20-23-7-3-2-4-8-23)25-15-13-24(14-16-25)30(37)34-32-19-22-11-17-26(18-12-22)40-21-29(36)33-28-10-6-5-9-27(28)31/h2-19H,20-21H2,1H3,(H,33,36)(H,34,37)/b32-19-. The molecule has 210 valence electrons. The van der Waals surface area contributed by atoms with Gasteiger partial charge in [-0.2, -0.15) is 5.10 Å². The summed E-state index contributed by atoms with van der Waals surface area (Å²) in [6.45, 7) is -0.0171. The first-order valence-electron chi connectivity index (χ1n) is 12.4. The van der Waals surface area contributed by atoms with Crippen molar-refractivity contribution in [2.24, 2.45) is 5.10 Å². The van der Waals surface area contributed by atoms with Gasteiger partial charge in [-0.15, -0.1) is 0 Å². The van der Waals surface area contributed by atoms with Crippen LogP contribution in [-0.2, 0) is 21.4 Å². The van der Waals surface area contributed by atoms with Gasteiger partial charge < -0.3 is 10.1 Å². The fraction of sp³-hybridized carbons (Fsp3) is 0.100. The number of hydrogen-bond donors (Lipinski definition) is 2. The highest BCUT2D eigenvalue weighted by Crippen LogP contribution is 2.22. The third-order valence-electron chi connectivity index (χ3n) is 5.76. The van der Waals surface area contributed by atoms with Gasteiger partial charge in [-0.25, -0.2) is 13.8 Å². The summed E-state index contributed by atoms with van der Waals surface area (Å²) in [5, 5.41) is 7.10. The van der Waals surface area contributed by atoms with E-state index in [9.17, 15) is 18.0 Å². The minimum absolute atomic E-state index is 0.176. The van der Waals surface area contributed by atoms with Crippen LogP contribution in [0.15, 0.2) is 108 Å². The molecule has 2 amide bonds.